The molecule has 20 heavy (non-hydrogen) atoms. The number of rotatable bonds is 4. The first kappa shape index (κ1) is 23.7. The molecule has 0 aromatic heterocycles. The fourth-order valence-corrected chi connectivity index (χ4v) is 4.08. The largest absolute Gasteiger partial charge is 0.298 e. The topological polar surface area (TPSA) is 26.0 Å². The predicted octanol–water partition coefficient (Wildman–Crippen LogP) is 7.14. The average Bonchev–Trinajstić information content (AvgIpc) is 2.12. The van der Waals surface area contributed by atoms with Crippen molar-refractivity contribution < 1.29 is 0 Å². The van der Waals surface area contributed by atoms with Crippen LogP contribution >= 0.6 is 151 Å². The van der Waals surface area contributed by atoms with Crippen LogP contribution in [0.1, 0.15) is 0 Å². The number of halogens is 13. The van der Waals surface area contributed by atoms with Gasteiger partial charge in [0, 0.05) is 0 Å². The van der Waals surface area contributed by atoms with E-state index in [9.17, 15) is 0 Å². The van der Waals surface area contributed by atoms with Gasteiger partial charge in [0.2, 0.25) is 12.6 Å². The summed E-state index contributed by atoms with van der Waals surface area (Å²) in [5.41, 5.74) is 5.34. The zero-order valence-electron chi connectivity index (χ0n) is 8.49. The lowest BCUT2D eigenvalue weighted by atomic mass is 10.1. The number of alkyl halides is 13. The van der Waals surface area contributed by atoms with Crippen LogP contribution in [0.5, 0.6) is 0 Å². The summed E-state index contributed by atoms with van der Waals surface area (Å²) in [6.45, 7) is 0. The summed E-state index contributed by atoms with van der Waals surface area (Å²) in [4.78, 5) is 0. The van der Waals surface area contributed by atoms with E-state index in [1.165, 1.54) is 0 Å². The summed E-state index contributed by atoms with van der Waals surface area (Å²) < 4.78 is -15.4. The summed E-state index contributed by atoms with van der Waals surface area (Å²) >= 11 is 75.0. The lowest BCUT2D eigenvalue weighted by Gasteiger charge is -2.49. The van der Waals surface area contributed by atoms with Gasteiger partial charge in [-0.05, 0) is 0 Å². The van der Waals surface area contributed by atoms with Crippen LogP contribution in [0, 0.1) is 0 Å². The van der Waals surface area contributed by atoms with Crippen molar-refractivity contribution in [2.75, 3.05) is 0 Å². The molecule has 0 bridgehead atoms. The van der Waals surface area contributed by atoms with Crippen LogP contribution in [-0.4, -0.2) is 25.6 Å². The van der Waals surface area contributed by atoms with Crippen molar-refractivity contribution in [2.24, 2.45) is 5.73 Å². The van der Waals surface area contributed by atoms with Gasteiger partial charge in [-0.1, -0.05) is 151 Å². The molecule has 0 aliphatic rings. The van der Waals surface area contributed by atoms with Crippen molar-refractivity contribution in [3.05, 3.63) is 0 Å². The Morgan fingerprint density at radius 3 is 0.850 bits per heavy atom. The molecule has 2 N–H and O–H groups in total. The minimum atomic E-state index is -2.69. The third kappa shape index (κ3) is 3.93. The Morgan fingerprint density at radius 1 is 0.400 bits per heavy atom. The quantitative estimate of drug-likeness (QED) is 0.293. The van der Waals surface area contributed by atoms with Crippen LogP contribution in [0.15, 0.2) is 0 Å². The van der Waals surface area contributed by atoms with Crippen LogP contribution in [0.4, 0.5) is 0 Å². The van der Waals surface area contributed by atoms with Crippen molar-refractivity contribution in [2.45, 2.75) is 25.6 Å². The van der Waals surface area contributed by atoms with Crippen LogP contribution in [0.25, 0.3) is 0 Å². The van der Waals surface area contributed by atoms with Gasteiger partial charge < -0.3 is 0 Å². The van der Waals surface area contributed by atoms with Gasteiger partial charge in [0.25, 0.3) is 0 Å². The van der Waals surface area contributed by atoms with Gasteiger partial charge in [0.1, 0.15) is 0 Å². The highest BCUT2D eigenvalue weighted by atomic mass is 35.6. The summed E-state index contributed by atoms with van der Waals surface area (Å²) in [7, 11) is 0. The standard InChI is InChI=1S/C6H2Cl13N/c7-1(8,3(11,12)5(15,16)17)2(9,10)4(13,14)6(18,19)20/h20H2. The summed E-state index contributed by atoms with van der Waals surface area (Å²) in [6.07, 6.45) is 0. The van der Waals surface area contributed by atoms with E-state index in [0.29, 0.717) is 0 Å². The zero-order valence-corrected chi connectivity index (χ0v) is 18.3. The first-order chi connectivity index (χ1) is 8.25. The molecule has 0 fully saturated rings. The van der Waals surface area contributed by atoms with E-state index in [2.05, 4.69) is 0 Å². The van der Waals surface area contributed by atoms with Crippen molar-refractivity contribution >= 4 is 151 Å². The van der Waals surface area contributed by atoms with Crippen molar-refractivity contribution in [1.82, 2.24) is 0 Å². The van der Waals surface area contributed by atoms with E-state index in [-0.39, 0.29) is 0 Å². The van der Waals surface area contributed by atoms with Gasteiger partial charge in [-0.25, -0.2) is 0 Å². The SMILES string of the molecule is NC(Cl)(Cl)C(Cl)(Cl)C(Cl)(Cl)C(Cl)(Cl)C(Cl)(Cl)C(Cl)(Cl)Cl. The molecule has 0 aliphatic heterocycles. The van der Waals surface area contributed by atoms with E-state index in [0.717, 1.165) is 0 Å². The van der Waals surface area contributed by atoms with E-state index in [1.54, 1.807) is 0 Å². The third-order valence-electron chi connectivity index (χ3n) is 1.96. The third-order valence-corrected chi connectivity index (χ3v) is 10.1. The monoisotopic (exact) mass is 543 g/mol. The molecule has 122 valence electrons. The first-order valence-electron chi connectivity index (χ1n) is 4.00. The molecule has 0 saturated heterocycles. The average molecular weight is 549 g/mol. The summed E-state index contributed by atoms with van der Waals surface area (Å²) in [6, 6.07) is 0. The van der Waals surface area contributed by atoms with Crippen molar-refractivity contribution in [3.63, 3.8) is 0 Å². The molecule has 0 spiro atoms. The lowest BCUT2D eigenvalue weighted by Crippen LogP contribution is -2.67. The zero-order chi connectivity index (χ0) is 17.0. The fraction of sp³-hybridized carbons (Fsp3) is 1.00. The van der Waals surface area contributed by atoms with Gasteiger partial charge in [0.05, 0.1) is 0 Å². The molecule has 14 heteroatoms. The molecule has 0 saturated carbocycles. The molecule has 0 amide bonds. The van der Waals surface area contributed by atoms with Crippen molar-refractivity contribution in [3.8, 4) is 0 Å². The predicted molar refractivity (Wildman–Crippen MR) is 96.7 cm³/mol. The highest BCUT2D eigenvalue weighted by Gasteiger charge is 2.76. The highest BCUT2D eigenvalue weighted by Crippen LogP contribution is 2.68. The van der Waals surface area contributed by atoms with Crippen LogP contribution < -0.4 is 5.73 Å². The molecule has 0 atom stereocenters. The Labute approximate surface area is 180 Å². The molecule has 0 unspecified atom stereocenters. The smallest absolute Gasteiger partial charge is 0.226 e. The Balaban J connectivity index is 6.08. The molecular formula is C6H2Cl13N. The van der Waals surface area contributed by atoms with E-state index >= 15 is 0 Å². The Bertz CT molecular complexity index is 324. The molecule has 1 nitrogen and oxygen atoms in total. The number of nitrogens with two attached hydrogens (primary N) is 1. The van der Waals surface area contributed by atoms with E-state index in [4.69, 9.17) is 157 Å². The Kier molecular flexibility index (Phi) is 8.07. The minimum Gasteiger partial charge on any atom is -0.298 e. The molecule has 0 aliphatic carbocycles. The maximum atomic E-state index is 5.94. The molecule has 0 radical (unpaired) electrons. The van der Waals surface area contributed by atoms with Crippen molar-refractivity contribution in [1.29, 1.82) is 0 Å². The van der Waals surface area contributed by atoms with Crippen LogP contribution in [0.2, 0.25) is 0 Å². The highest BCUT2D eigenvalue weighted by molar-refractivity contribution is 6.82. The van der Waals surface area contributed by atoms with Gasteiger partial charge >= 0.3 is 0 Å². The maximum Gasteiger partial charge on any atom is 0.226 e. The lowest BCUT2D eigenvalue weighted by molar-refractivity contribution is 0.500. The second-order valence-electron chi connectivity index (χ2n) is 3.42. The van der Waals surface area contributed by atoms with Gasteiger partial charge in [-0.2, -0.15) is 0 Å². The van der Waals surface area contributed by atoms with Gasteiger partial charge in [0.15, 0.2) is 13.0 Å². The summed E-state index contributed by atoms with van der Waals surface area (Å²) in [5, 5.41) is 0. The number of hydrogen-bond donors (Lipinski definition) is 1. The Morgan fingerprint density at radius 2 is 0.650 bits per heavy atom. The molecular weight excluding hydrogens is 547 g/mol. The van der Waals surface area contributed by atoms with Gasteiger partial charge in [-0.15, -0.1) is 0 Å². The molecule has 0 aromatic carbocycles. The second kappa shape index (κ2) is 6.80. The molecule has 0 aromatic rings. The fourth-order valence-electron chi connectivity index (χ4n) is 0.782. The van der Waals surface area contributed by atoms with Crippen LogP contribution in [-0.2, 0) is 0 Å². The second-order valence-corrected chi connectivity index (χ2v) is 12.4. The van der Waals surface area contributed by atoms with E-state index < -0.39 is 25.6 Å². The minimum absolute atomic E-state index is 2.42. The Hall–Kier alpha value is 3.73. The maximum absolute atomic E-state index is 5.94. The first-order valence-corrected chi connectivity index (χ1v) is 8.91. The van der Waals surface area contributed by atoms with E-state index in [1.807, 2.05) is 0 Å². The number of hydrogen-bond acceptors (Lipinski definition) is 1. The summed E-state index contributed by atoms with van der Waals surface area (Å²) in [5.74, 6) is 0. The van der Waals surface area contributed by atoms with Crippen LogP contribution in [0.3, 0.4) is 0 Å². The normalized spacial score (nSPS) is 16.5. The molecule has 0 heterocycles. The molecule has 0 rings (SSSR count). The van der Waals surface area contributed by atoms with Gasteiger partial charge in [-0.3, -0.25) is 5.73 Å².